The lowest BCUT2D eigenvalue weighted by Gasteiger charge is -2.29. The Balaban J connectivity index is 1.31. The predicted molar refractivity (Wildman–Crippen MR) is 113 cm³/mol. The van der Waals surface area contributed by atoms with Gasteiger partial charge in [-0.1, -0.05) is 53.6 Å². The molecule has 5 rings (SSSR count). The average molecular weight is 357 g/mol. The zero-order chi connectivity index (χ0) is 18.2. The Bertz CT molecular complexity index is 897. The van der Waals surface area contributed by atoms with E-state index in [4.69, 9.17) is 0 Å². The van der Waals surface area contributed by atoms with Crippen LogP contribution in [0.4, 0.5) is 5.69 Å². The van der Waals surface area contributed by atoms with E-state index in [1.54, 1.807) is 11.1 Å². The fourth-order valence-corrected chi connectivity index (χ4v) is 5.10. The van der Waals surface area contributed by atoms with Gasteiger partial charge in [-0.15, -0.1) is 0 Å². The van der Waals surface area contributed by atoms with Gasteiger partial charge in [0.2, 0.25) is 0 Å². The summed E-state index contributed by atoms with van der Waals surface area (Å²) in [4.78, 5) is 0. The number of allylic oxidation sites excluding steroid dienone is 7. The second kappa shape index (κ2) is 6.92. The molecule has 2 nitrogen and oxygen atoms in total. The lowest BCUT2D eigenvalue weighted by Crippen LogP contribution is -2.34. The van der Waals surface area contributed by atoms with Crippen molar-refractivity contribution in [2.45, 2.75) is 51.0 Å². The fourth-order valence-electron chi connectivity index (χ4n) is 5.10. The summed E-state index contributed by atoms with van der Waals surface area (Å²) in [7, 11) is 0. The zero-order valence-corrected chi connectivity index (χ0v) is 16.0. The van der Waals surface area contributed by atoms with Crippen molar-refractivity contribution in [2.75, 3.05) is 5.32 Å². The van der Waals surface area contributed by atoms with Gasteiger partial charge in [0.25, 0.3) is 0 Å². The monoisotopic (exact) mass is 356 g/mol. The molecule has 1 aliphatic heterocycles. The molecule has 2 N–H and O–H groups in total. The molecule has 2 heteroatoms. The molecule has 0 spiro atoms. The number of benzene rings is 1. The van der Waals surface area contributed by atoms with Gasteiger partial charge in [0.05, 0.1) is 6.04 Å². The molecule has 0 saturated carbocycles. The Kier molecular flexibility index (Phi) is 4.27. The molecular formula is C25H28N2. The van der Waals surface area contributed by atoms with Gasteiger partial charge in [-0.3, -0.25) is 0 Å². The first-order valence-corrected chi connectivity index (χ1v) is 10.4. The van der Waals surface area contributed by atoms with Gasteiger partial charge in [0.15, 0.2) is 0 Å². The van der Waals surface area contributed by atoms with Crippen LogP contribution in [0.3, 0.4) is 0 Å². The second-order valence-electron chi connectivity index (χ2n) is 8.24. The highest BCUT2D eigenvalue weighted by atomic mass is 15.0. The van der Waals surface area contributed by atoms with Crippen molar-refractivity contribution >= 4 is 5.69 Å². The predicted octanol–water partition coefficient (Wildman–Crippen LogP) is 5.96. The van der Waals surface area contributed by atoms with Gasteiger partial charge in [0.1, 0.15) is 0 Å². The molecule has 3 atom stereocenters. The largest absolute Gasteiger partial charge is 0.378 e. The highest BCUT2D eigenvalue weighted by Gasteiger charge is 2.34. The van der Waals surface area contributed by atoms with Gasteiger partial charge in [-0.2, -0.15) is 0 Å². The number of fused-ring (bicyclic) bond motifs is 3. The molecule has 0 saturated heterocycles. The summed E-state index contributed by atoms with van der Waals surface area (Å²) < 4.78 is 0. The van der Waals surface area contributed by atoms with Crippen LogP contribution in [0.5, 0.6) is 0 Å². The number of para-hydroxylation sites is 1. The maximum atomic E-state index is 3.80. The summed E-state index contributed by atoms with van der Waals surface area (Å²) in [6.45, 7) is 2.34. The molecule has 0 fully saturated rings. The van der Waals surface area contributed by atoms with Gasteiger partial charge in [0, 0.05) is 28.9 Å². The molecule has 0 bridgehead atoms. The van der Waals surface area contributed by atoms with Crippen molar-refractivity contribution in [1.29, 1.82) is 0 Å². The van der Waals surface area contributed by atoms with Crippen LogP contribution in [-0.4, -0.2) is 6.04 Å². The van der Waals surface area contributed by atoms with E-state index in [1.807, 2.05) is 0 Å². The van der Waals surface area contributed by atoms with Crippen LogP contribution < -0.4 is 10.6 Å². The van der Waals surface area contributed by atoms with Crippen molar-refractivity contribution in [2.24, 2.45) is 5.92 Å². The maximum Gasteiger partial charge on any atom is 0.0571 e. The first-order chi connectivity index (χ1) is 13.3. The number of nitrogens with one attached hydrogen (secondary N) is 2. The van der Waals surface area contributed by atoms with Crippen LogP contribution in [-0.2, 0) is 0 Å². The third-order valence-electron chi connectivity index (χ3n) is 6.54. The summed E-state index contributed by atoms with van der Waals surface area (Å²) in [6, 6.07) is 8.97. The molecule has 1 heterocycles. The van der Waals surface area contributed by atoms with E-state index in [0.717, 1.165) is 6.42 Å². The van der Waals surface area contributed by atoms with Gasteiger partial charge >= 0.3 is 0 Å². The number of rotatable bonds is 3. The van der Waals surface area contributed by atoms with Crippen molar-refractivity contribution in [3.63, 3.8) is 0 Å². The SMILES string of the molecule is CC1=C(C2C=CC(NC3C=CC=C4Nc5ccccc5C43)=CC2)CCCC1. The molecule has 1 aromatic rings. The van der Waals surface area contributed by atoms with E-state index in [9.17, 15) is 0 Å². The second-order valence-corrected chi connectivity index (χ2v) is 8.24. The Morgan fingerprint density at radius 2 is 1.96 bits per heavy atom. The summed E-state index contributed by atoms with van der Waals surface area (Å²) in [5, 5.41) is 7.38. The van der Waals surface area contributed by atoms with E-state index in [2.05, 4.69) is 78.3 Å². The van der Waals surface area contributed by atoms with Gasteiger partial charge in [-0.25, -0.2) is 0 Å². The van der Waals surface area contributed by atoms with E-state index in [1.165, 1.54) is 48.3 Å². The number of hydrogen-bond donors (Lipinski definition) is 2. The molecule has 1 aromatic carbocycles. The average Bonchev–Trinajstić information content (AvgIpc) is 3.09. The Morgan fingerprint density at radius 3 is 2.81 bits per heavy atom. The summed E-state index contributed by atoms with van der Waals surface area (Å²) >= 11 is 0. The molecule has 4 aliphatic rings. The number of hydrogen-bond acceptors (Lipinski definition) is 2. The normalized spacial score (nSPS) is 28.9. The van der Waals surface area contributed by atoms with E-state index in [-0.39, 0.29) is 0 Å². The molecule has 0 amide bonds. The first-order valence-electron chi connectivity index (χ1n) is 10.4. The molecule has 0 aromatic heterocycles. The van der Waals surface area contributed by atoms with Gasteiger partial charge in [-0.05, 0) is 62.8 Å². The Morgan fingerprint density at radius 1 is 1.07 bits per heavy atom. The quantitative estimate of drug-likeness (QED) is 0.653. The topological polar surface area (TPSA) is 24.1 Å². The third kappa shape index (κ3) is 3.07. The lowest BCUT2D eigenvalue weighted by atomic mass is 9.81. The number of anilines is 1. The molecule has 0 radical (unpaired) electrons. The van der Waals surface area contributed by atoms with E-state index >= 15 is 0 Å². The highest BCUT2D eigenvalue weighted by molar-refractivity contribution is 5.67. The van der Waals surface area contributed by atoms with Crippen LogP contribution in [0.2, 0.25) is 0 Å². The zero-order valence-electron chi connectivity index (χ0n) is 16.0. The highest BCUT2D eigenvalue weighted by Crippen LogP contribution is 2.42. The minimum atomic E-state index is 0.296. The van der Waals surface area contributed by atoms with Crippen LogP contribution >= 0.6 is 0 Å². The third-order valence-corrected chi connectivity index (χ3v) is 6.54. The minimum absolute atomic E-state index is 0.296. The van der Waals surface area contributed by atoms with Crippen LogP contribution in [0.15, 0.2) is 83.3 Å². The fraction of sp³-hybridized carbons (Fsp3) is 0.360. The van der Waals surface area contributed by atoms with Crippen molar-refractivity contribution in [3.05, 3.63) is 88.8 Å². The van der Waals surface area contributed by atoms with Crippen molar-refractivity contribution < 1.29 is 0 Å². The molecule has 3 unspecified atom stereocenters. The van der Waals surface area contributed by atoms with Crippen LogP contribution in [0.1, 0.15) is 50.5 Å². The lowest BCUT2D eigenvalue weighted by molar-refractivity contribution is 0.581. The van der Waals surface area contributed by atoms with Crippen molar-refractivity contribution in [3.8, 4) is 0 Å². The summed E-state index contributed by atoms with van der Waals surface area (Å²) in [5.41, 5.74) is 8.55. The van der Waals surface area contributed by atoms with E-state index in [0.29, 0.717) is 17.9 Å². The molecule has 27 heavy (non-hydrogen) atoms. The van der Waals surface area contributed by atoms with E-state index < -0.39 is 0 Å². The smallest absolute Gasteiger partial charge is 0.0571 e. The maximum absolute atomic E-state index is 3.80. The van der Waals surface area contributed by atoms with Gasteiger partial charge < -0.3 is 10.6 Å². The molecule has 138 valence electrons. The Hall–Kier alpha value is -2.48. The standard InChI is InChI=1S/C25H28N2/c1-17-7-2-3-8-20(17)18-13-15-19(16-14-18)26-23-11-6-12-24-25(23)21-9-4-5-10-22(21)27-24/h4-6,9-13,15-16,18,23,25-27H,2-3,7-8,14H2,1H3. The first kappa shape index (κ1) is 16.7. The van der Waals surface area contributed by atoms with Crippen molar-refractivity contribution in [1.82, 2.24) is 5.32 Å². The summed E-state index contributed by atoms with van der Waals surface area (Å²) in [5.74, 6) is 0.989. The van der Waals surface area contributed by atoms with Crippen LogP contribution in [0.25, 0.3) is 0 Å². The van der Waals surface area contributed by atoms with Crippen LogP contribution in [0, 0.1) is 5.92 Å². The minimum Gasteiger partial charge on any atom is -0.378 e. The molecular weight excluding hydrogens is 328 g/mol. The Labute approximate surface area is 162 Å². The molecule has 3 aliphatic carbocycles. The summed E-state index contributed by atoms with van der Waals surface area (Å²) in [6.07, 6.45) is 20.3.